The smallest absolute Gasteiger partial charge is 0.242 e. The first kappa shape index (κ1) is 15.5. The van der Waals surface area contributed by atoms with Crippen LogP contribution < -0.4 is 4.72 Å². The van der Waals surface area contributed by atoms with Gasteiger partial charge in [-0.15, -0.1) is 0 Å². The van der Waals surface area contributed by atoms with E-state index in [1.807, 2.05) is 13.8 Å². The maximum absolute atomic E-state index is 13.0. The zero-order valence-electron chi connectivity index (χ0n) is 10.2. The van der Waals surface area contributed by atoms with Crippen molar-refractivity contribution in [2.24, 2.45) is 5.92 Å². The summed E-state index contributed by atoms with van der Waals surface area (Å²) >= 11 is 3.29. The molecule has 0 aromatic carbocycles. The SMILES string of the molecule is CC(C)C(CCBr)NS(=O)(=O)c1cncc(F)c1. The number of hydrogen-bond acceptors (Lipinski definition) is 3. The molecule has 0 saturated heterocycles. The van der Waals surface area contributed by atoms with Crippen LogP contribution in [0.4, 0.5) is 4.39 Å². The summed E-state index contributed by atoms with van der Waals surface area (Å²) in [6.45, 7) is 3.86. The van der Waals surface area contributed by atoms with Crippen LogP contribution in [-0.4, -0.2) is 24.8 Å². The van der Waals surface area contributed by atoms with E-state index in [0.717, 1.165) is 18.5 Å². The molecule has 1 atom stereocenters. The van der Waals surface area contributed by atoms with Gasteiger partial charge in [-0.3, -0.25) is 4.98 Å². The minimum Gasteiger partial charge on any atom is -0.260 e. The maximum Gasteiger partial charge on any atom is 0.242 e. The molecule has 0 saturated carbocycles. The van der Waals surface area contributed by atoms with Crippen LogP contribution in [0.5, 0.6) is 0 Å². The predicted octanol–water partition coefficient (Wildman–Crippen LogP) is 2.31. The first-order valence-corrected chi connectivity index (χ1v) is 8.16. The third kappa shape index (κ3) is 4.29. The van der Waals surface area contributed by atoms with Crippen LogP contribution >= 0.6 is 15.9 Å². The Morgan fingerprint density at radius 1 is 1.44 bits per heavy atom. The van der Waals surface area contributed by atoms with Crippen molar-refractivity contribution < 1.29 is 12.8 Å². The number of nitrogens with one attached hydrogen (secondary N) is 1. The molecule has 0 aliphatic heterocycles. The normalized spacial score (nSPS) is 13.8. The number of halogens is 2. The molecule has 4 nitrogen and oxygen atoms in total. The second-order valence-corrected chi connectivity index (χ2v) is 6.80. The zero-order chi connectivity index (χ0) is 13.8. The van der Waals surface area contributed by atoms with E-state index in [9.17, 15) is 12.8 Å². The summed E-state index contributed by atoms with van der Waals surface area (Å²) in [5.41, 5.74) is 0. The molecule has 1 N–H and O–H groups in total. The van der Waals surface area contributed by atoms with Crippen LogP contribution in [0.3, 0.4) is 0 Å². The molecular formula is C11H16BrFN2O2S. The van der Waals surface area contributed by atoms with Crippen molar-refractivity contribution in [1.29, 1.82) is 0 Å². The van der Waals surface area contributed by atoms with Gasteiger partial charge in [0.15, 0.2) is 0 Å². The molecular weight excluding hydrogens is 323 g/mol. The minimum atomic E-state index is -3.72. The molecule has 1 aromatic rings. The van der Waals surface area contributed by atoms with Crippen LogP contribution in [0.1, 0.15) is 20.3 Å². The topological polar surface area (TPSA) is 59.1 Å². The summed E-state index contributed by atoms with van der Waals surface area (Å²) in [6, 6.07) is 0.763. The highest BCUT2D eigenvalue weighted by molar-refractivity contribution is 9.09. The van der Waals surface area contributed by atoms with Crippen molar-refractivity contribution in [1.82, 2.24) is 9.71 Å². The molecule has 0 fully saturated rings. The van der Waals surface area contributed by atoms with E-state index in [-0.39, 0.29) is 16.9 Å². The van der Waals surface area contributed by atoms with Crippen LogP contribution in [0.2, 0.25) is 0 Å². The van der Waals surface area contributed by atoms with Crippen molar-refractivity contribution in [3.8, 4) is 0 Å². The number of nitrogens with zero attached hydrogens (tertiary/aromatic N) is 1. The number of hydrogen-bond donors (Lipinski definition) is 1. The Balaban J connectivity index is 2.93. The van der Waals surface area contributed by atoms with Crippen molar-refractivity contribution in [2.75, 3.05) is 5.33 Å². The van der Waals surface area contributed by atoms with Crippen LogP contribution in [0.15, 0.2) is 23.4 Å². The molecule has 1 aromatic heterocycles. The van der Waals surface area contributed by atoms with E-state index in [2.05, 4.69) is 25.6 Å². The Morgan fingerprint density at radius 3 is 2.61 bits per heavy atom. The lowest BCUT2D eigenvalue weighted by atomic mass is 10.0. The Kier molecular flexibility index (Phi) is 5.68. The largest absolute Gasteiger partial charge is 0.260 e. The summed E-state index contributed by atoms with van der Waals surface area (Å²) < 4.78 is 39.6. The van der Waals surface area contributed by atoms with Gasteiger partial charge in [0.05, 0.1) is 6.20 Å². The quantitative estimate of drug-likeness (QED) is 0.809. The van der Waals surface area contributed by atoms with E-state index < -0.39 is 15.8 Å². The highest BCUT2D eigenvalue weighted by Crippen LogP contribution is 2.14. The Bertz CT molecular complexity index is 494. The van der Waals surface area contributed by atoms with E-state index >= 15 is 0 Å². The molecule has 102 valence electrons. The molecule has 0 amide bonds. The third-order valence-electron chi connectivity index (χ3n) is 2.52. The summed E-state index contributed by atoms with van der Waals surface area (Å²) in [6.07, 6.45) is 2.77. The third-order valence-corrected chi connectivity index (χ3v) is 4.44. The van der Waals surface area contributed by atoms with Crippen molar-refractivity contribution >= 4 is 26.0 Å². The van der Waals surface area contributed by atoms with Gasteiger partial charge in [0.2, 0.25) is 10.0 Å². The van der Waals surface area contributed by atoms with Crippen molar-refractivity contribution in [2.45, 2.75) is 31.2 Å². The van der Waals surface area contributed by atoms with Gasteiger partial charge in [-0.25, -0.2) is 17.5 Å². The summed E-state index contributed by atoms with van der Waals surface area (Å²) in [5, 5.41) is 0.694. The van der Waals surface area contributed by atoms with Crippen LogP contribution in [0.25, 0.3) is 0 Å². The molecule has 1 heterocycles. The Labute approximate surface area is 115 Å². The molecule has 1 unspecified atom stereocenters. The zero-order valence-corrected chi connectivity index (χ0v) is 12.6. The molecule has 0 bridgehead atoms. The number of alkyl halides is 1. The average molecular weight is 339 g/mol. The van der Waals surface area contributed by atoms with E-state index in [1.54, 1.807) is 0 Å². The molecule has 0 aliphatic rings. The molecule has 1 rings (SSSR count). The van der Waals surface area contributed by atoms with Gasteiger partial charge >= 0.3 is 0 Å². The summed E-state index contributed by atoms with van der Waals surface area (Å²) in [5.74, 6) is -0.515. The van der Waals surface area contributed by atoms with Crippen LogP contribution in [-0.2, 0) is 10.0 Å². The lowest BCUT2D eigenvalue weighted by Gasteiger charge is -2.21. The second kappa shape index (κ2) is 6.58. The molecule has 18 heavy (non-hydrogen) atoms. The van der Waals surface area contributed by atoms with Crippen LogP contribution in [0, 0.1) is 11.7 Å². The van der Waals surface area contributed by atoms with Crippen molar-refractivity contribution in [3.05, 3.63) is 24.3 Å². The van der Waals surface area contributed by atoms with E-state index in [4.69, 9.17) is 0 Å². The molecule has 7 heteroatoms. The predicted molar refractivity (Wildman–Crippen MR) is 71.6 cm³/mol. The fraction of sp³-hybridized carbons (Fsp3) is 0.545. The summed E-state index contributed by atoms with van der Waals surface area (Å²) in [4.78, 5) is 3.39. The number of aromatic nitrogens is 1. The average Bonchev–Trinajstić information content (AvgIpc) is 2.28. The number of pyridine rings is 1. The van der Waals surface area contributed by atoms with E-state index in [0.29, 0.717) is 11.8 Å². The summed E-state index contributed by atoms with van der Waals surface area (Å²) in [7, 11) is -3.72. The fourth-order valence-electron chi connectivity index (χ4n) is 1.45. The fourth-order valence-corrected chi connectivity index (χ4v) is 3.34. The Hall–Kier alpha value is -0.530. The monoisotopic (exact) mass is 338 g/mol. The van der Waals surface area contributed by atoms with Gasteiger partial charge < -0.3 is 0 Å². The molecule has 0 radical (unpaired) electrons. The van der Waals surface area contributed by atoms with E-state index in [1.165, 1.54) is 0 Å². The highest BCUT2D eigenvalue weighted by atomic mass is 79.9. The highest BCUT2D eigenvalue weighted by Gasteiger charge is 2.22. The standard InChI is InChI=1S/C11H16BrFN2O2S/c1-8(2)11(3-4-12)15-18(16,17)10-5-9(13)6-14-7-10/h5-8,11,15H,3-4H2,1-2H3. The number of sulfonamides is 1. The van der Waals surface area contributed by atoms with Gasteiger partial charge in [-0.1, -0.05) is 29.8 Å². The molecule has 0 spiro atoms. The first-order chi connectivity index (χ1) is 8.36. The second-order valence-electron chi connectivity index (χ2n) is 4.29. The van der Waals surface area contributed by atoms with Gasteiger partial charge in [0.1, 0.15) is 10.7 Å². The van der Waals surface area contributed by atoms with Gasteiger partial charge in [0.25, 0.3) is 0 Å². The van der Waals surface area contributed by atoms with Gasteiger partial charge in [-0.05, 0) is 18.4 Å². The number of rotatable bonds is 6. The Morgan fingerprint density at radius 2 is 2.11 bits per heavy atom. The maximum atomic E-state index is 13.0. The minimum absolute atomic E-state index is 0.150. The lowest BCUT2D eigenvalue weighted by molar-refractivity contribution is 0.440. The van der Waals surface area contributed by atoms with Gasteiger partial charge in [-0.2, -0.15) is 0 Å². The lowest BCUT2D eigenvalue weighted by Crippen LogP contribution is -2.38. The first-order valence-electron chi connectivity index (χ1n) is 5.55. The van der Waals surface area contributed by atoms with Gasteiger partial charge in [0, 0.05) is 17.6 Å². The van der Waals surface area contributed by atoms with Crippen molar-refractivity contribution in [3.63, 3.8) is 0 Å². The molecule has 0 aliphatic carbocycles.